The van der Waals surface area contributed by atoms with Gasteiger partial charge in [0.05, 0.1) is 5.56 Å². The third kappa shape index (κ3) is 2.75. The van der Waals surface area contributed by atoms with Crippen LogP contribution in [0.2, 0.25) is 0 Å². The highest BCUT2D eigenvalue weighted by Crippen LogP contribution is 2.18. The highest BCUT2D eigenvalue weighted by atomic mass is 15.1. The van der Waals surface area contributed by atoms with E-state index >= 15 is 0 Å². The van der Waals surface area contributed by atoms with Crippen LogP contribution in [-0.4, -0.2) is 23.6 Å². The van der Waals surface area contributed by atoms with Gasteiger partial charge in [0.2, 0.25) is 0 Å². The standard InChI is InChI=1S/C13H18N4/c1-9-5-6-11(8-14)13(16-9)17-12-4-3-7-15-10(12)2/h5-6,10,12,15H,3-4,7H2,1-2H3,(H,16,17). The van der Waals surface area contributed by atoms with E-state index in [0.29, 0.717) is 23.5 Å². The van der Waals surface area contributed by atoms with Gasteiger partial charge in [-0.05, 0) is 45.4 Å². The van der Waals surface area contributed by atoms with Crippen molar-refractivity contribution in [3.8, 4) is 6.07 Å². The Morgan fingerprint density at radius 3 is 3.06 bits per heavy atom. The van der Waals surface area contributed by atoms with Crippen LogP contribution < -0.4 is 10.6 Å². The summed E-state index contributed by atoms with van der Waals surface area (Å²) in [5.74, 6) is 0.716. The van der Waals surface area contributed by atoms with E-state index in [2.05, 4.69) is 28.6 Å². The Morgan fingerprint density at radius 2 is 2.35 bits per heavy atom. The van der Waals surface area contributed by atoms with Crippen molar-refractivity contribution in [2.75, 3.05) is 11.9 Å². The monoisotopic (exact) mass is 230 g/mol. The molecule has 1 aromatic rings. The van der Waals surface area contributed by atoms with Gasteiger partial charge in [0.1, 0.15) is 11.9 Å². The molecule has 0 radical (unpaired) electrons. The maximum absolute atomic E-state index is 9.06. The van der Waals surface area contributed by atoms with Crippen LogP contribution in [0.5, 0.6) is 0 Å². The number of anilines is 1. The number of nitrogens with one attached hydrogen (secondary N) is 2. The van der Waals surface area contributed by atoms with Crippen LogP contribution in [0, 0.1) is 18.3 Å². The minimum Gasteiger partial charge on any atom is -0.365 e. The zero-order chi connectivity index (χ0) is 12.3. The third-order valence-corrected chi connectivity index (χ3v) is 3.24. The molecule has 0 spiro atoms. The lowest BCUT2D eigenvalue weighted by atomic mass is 10.00. The molecule has 0 aromatic carbocycles. The van der Waals surface area contributed by atoms with Gasteiger partial charge < -0.3 is 10.6 Å². The second-order valence-corrected chi connectivity index (χ2v) is 4.60. The number of nitrogens with zero attached hydrogens (tertiary/aromatic N) is 2. The second-order valence-electron chi connectivity index (χ2n) is 4.60. The minimum atomic E-state index is 0.352. The summed E-state index contributed by atoms with van der Waals surface area (Å²) in [5, 5.41) is 15.9. The molecular weight excluding hydrogens is 212 g/mol. The van der Waals surface area contributed by atoms with Crippen molar-refractivity contribution in [2.45, 2.75) is 38.8 Å². The molecule has 2 heterocycles. The molecule has 0 saturated carbocycles. The van der Waals surface area contributed by atoms with E-state index in [1.807, 2.05) is 19.1 Å². The predicted octanol–water partition coefficient (Wildman–Crippen LogP) is 1.81. The summed E-state index contributed by atoms with van der Waals surface area (Å²) < 4.78 is 0. The molecule has 4 nitrogen and oxygen atoms in total. The van der Waals surface area contributed by atoms with Gasteiger partial charge in [-0.15, -0.1) is 0 Å². The number of rotatable bonds is 2. The van der Waals surface area contributed by atoms with Crippen molar-refractivity contribution in [1.29, 1.82) is 5.26 Å². The van der Waals surface area contributed by atoms with Crippen molar-refractivity contribution >= 4 is 5.82 Å². The molecule has 90 valence electrons. The maximum Gasteiger partial charge on any atom is 0.144 e. The molecule has 1 aromatic heterocycles. The smallest absolute Gasteiger partial charge is 0.144 e. The Morgan fingerprint density at radius 1 is 1.53 bits per heavy atom. The molecule has 2 atom stereocenters. The molecule has 1 fully saturated rings. The average Bonchev–Trinajstić information content (AvgIpc) is 2.32. The Balaban J connectivity index is 2.17. The highest BCUT2D eigenvalue weighted by molar-refractivity contribution is 5.53. The summed E-state index contributed by atoms with van der Waals surface area (Å²) >= 11 is 0. The molecule has 2 N–H and O–H groups in total. The maximum atomic E-state index is 9.06. The summed E-state index contributed by atoms with van der Waals surface area (Å²) in [7, 11) is 0. The summed E-state index contributed by atoms with van der Waals surface area (Å²) in [6.45, 7) is 5.18. The number of aryl methyl sites for hydroxylation is 1. The van der Waals surface area contributed by atoms with E-state index in [1.54, 1.807) is 0 Å². The normalized spacial score (nSPS) is 24.1. The van der Waals surface area contributed by atoms with Crippen LogP contribution in [0.3, 0.4) is 0 Å². The number of piperidine rings is 1. The van der Waals surface area contributed by atoms with E-state index in [-0.39, 0.29) is 0 Å². The molecule has 0 amide bonds. The van der Waals surface area contributed by atoms with Crippen LogP contribution in [0.15, 0.2) is 12.1 Å². The zero-order valence-corrected chi connectivity index (χ0v) is 10.3. The summed E-state index contributed by atoms with van der Waals surface area (Å²) in [4.78, 5) is 4.41. The van der Waals surface area contributed by atoms with Gasteiger partial charge in [0, 0.05) is 17.8 Å². The van der Waals surface area contributed by atoms with Gasteiger partial charge in [-0.3, -0.25) is 0 Å². The Bertz CT molecular complexity index is 436. The molecule has 2 unspecified atom stereocenters. The van der Waals surface area contributed by atoms with E-state index in [9.17, 15) is 0 Å². The van der Waals surface area contributed by atoms with E-state index in [4.69, 9.17) is 5.26 Å². The molecule has 1 aliphatic heterocycles. The third-order valence-electron chi connectivity index (χ3n) is 3.24. The van der Waals surface area contributed by atoms with E-state index in [0.717, 1.165) is 25.1 Å². The van der Waals surface area contributed by atoms with E-state index in [1.165, 1.54) is 0 Å². The summed E-state index contributed by atoms with van der Waals surface area (Å²) in [5.41, 5.74) is 1.55. The second kappa shape index (κ2) is 5.15. The zero-order valence-electron chi connectivity index (χ0n) is 10.3. The summed E-state index contributed by atoms with van der Waals surface area (Å²) in [6, 6.07) is 6.64. The first-order chi connectivity index (χ1) is 8.20. The number of nitriles is 1. The van der Waals surface area contributed by atoms with Crippen LogP contribution in [0.1, 0.15) is 31.0 Å². The fourth-order valence-corrected chi connectivity index (χ4v) is 2.17. The van der Waals surface area contributed by atoms with Gasteiger partial charge in [0.15, 0.2) is 0 Å². The highest BCUT2D eigenvalue weighted by Gasteiger charge is 2.21. The lowest BCUT2D eigenvalue weighted by Gasteiger charge is -2.31. The lowest BCUT2D eigenvalue weighted by molar-refractivity contribution is 0.388. The molecule has 17 heavy (non-hydrogen) atoms. The first-order valence-electron chi connectivity index (χ1n) is 6.08. The molecule has 4 heteroatoms. The van der Waals surface area contributed by atoms with Crippen molar-refractivity contribution in [2.24, 2.45) is 0 Å². The molecule has 0 bridgehead atoms. The van der Waals surface area contributed by atoms with Gasteiger partial charge in [-0.2, -0.15) is 5.26 Å². The average molecular weight is 230 g/mol. The van der Waals surface area contributed by atoms with Crippen LogP contribution in [0.25, 0.3) is 0 Å². The number of hydrogen-bond donors (Lipinski definition) is 2. The Labute approximate surface area is 102 Å². The lowest BCUT2D eigenvalue weighted by Crippen LogP contribution is -2.46. The number of aromatic nitrogens is 1. The van der Waals surface area contributed by atoms with Crippen molar-refractivity contribution in [3.63, 3.8) is 0 Å². The van der Waals surface area contributed by atoms with Gasteiger partial charge in [-0.25, -0.2) is 4.98 Å². The van der Waals surface area contributed by atoms with Crippen LogP contribution in [-0.2, 0) is 0 Å². The molecular formula is C13H18N4. The summed E-state index contributed by atoms with van der Waals surface area (Å²) in [6.07, 6.45) is 2.28. The van der Waals surface area contributed by atoms with E-state index < -0.39 is 0 Å². The molecule has 1 aliphatic rings. The predicted molar refractivity (Wildman–Crippen MR) is 67.8 cm³/mol. The minimum absolute atomic E-state index is 0.352. The largest absolute Gasteiger partial charge is 0.365 e. The number of hydrogen-bond acceptors (Lipinski definition) is 4. The Kier molecular flexibility index (Phi) is 3.60. The fourth-order valence-electron chi connectivity index (χ4n) is 2.17. The van der Waals surface area contributed by atoms with Crippen molar-refractivity contribution in [3.05, 3.63) is 23.4 Å². The van der Waals surface area contributed by atoms with Crippen molar-refractivity contribution < 1.29 is 0 Å². The van der Waals surface area contributed by atoms with Gasteiger partial charge >= 0.3 is 0 Å². The van der Waals surface area contributed by atoms with Crippen LogP contribution in [0.4, 0.5) is 5.82 Å². The topological polar surface area (TPSA) is 60.7 Å². The van der Waals surface area contributed by atoms with Crippen molar-refractivity contribution in [1.82, 2.24) is 10.3 Å². The van der Waals surface area contributed by atoms with Gasteiger partial charge in [-0.1, -0.05) is 0 Å². The SMILES string of the molecule is Cc1ccc(C#N)c(NC2CCCNC2C)n1. The number of pyridine rings is 1. The molecule has 2 rings (SSSR count). The molecule has 0 aliphatic carbocycles. The fraction of sp³-hybridized carbons (Fsp3) is 0.538. The van der Waals surface area contributed by atoms with Gasteiger partial charge in [0.25, 0.3) is 0 Å². The molecule has 1 saturated heterocycles. The first kappa shape index (κ1) is 11.9. The quantitative estimate of drug-likeness (QED) is 0.813. The van der Waals surface area contributed by atoms with Crippen LogP contribution >= 0.6 is 0 Å². The first-order valence-corrected chi connectivity index (χ1v) is 6.08. The Hall–Kier alpha value is -1.60.